The first-order valence-electron chi connectivity index (χ1n) is 32.0. The summed E-state index contributed by atoms with van der Waals surface area (Å²) in [5.74, 6) is -0.0231. The molecule has 4 heteroatoms. The Bertz CT molecular complexity index is 1010. The van der Waals surface area contributed by atoms with E-state index in [9.17, 15) is 15.0 Å². The molecule has 69 heavy (non-hydrogen) atoms. The lowest BCUT2D eigenvalue weighted by atomic mass is 10.0. The van der Waals surface area contributed by atoms with E-state index in [0.29, 0.717) is 12.8 Å². The van der Waals surface area contributed by atoms with Crippen LogP contribution in [-0.2, 0) is 4.79 Å². The number of hydrogen-bond acceptors (Lipinski definition) is 3. The molecular formula is C65H127NO3. The number of carbonyl (C=O) groups excluding carboxylic acids is 1. The highest BCUT2D eigenvalue weighted by atomic mass is 16.3. The number of carbonyl (C=O) groups is 1. The van der Waals surface area contributed by atoms with Crippen LogP contribution in [0.1, 0.15) is 367 Å². The van der Waals surface area contributed by atoms with Gasteiger partial charge in [0, 0.05) is 6.42 Å². The number of aliphatic hydroxyl groups excluding tert-OH is 2. The molecular weight excluding hydrogens is 843 g/mol. The Hall–Kier alpha value is -1.13. The highest BCUT2D eigenvalue weighted by Crippen LogP contribution is 2.19. The van der Waals surface area contributed by atoms with Gasteiger partial charge in [0.2, 0.25) is 5.91 Å². The van der Waals surface area contributed by atoms with Gasteiger partial charge in [-0.15, -0.1) is 0 Å². The lowest BCUT2D eigenvalue weighted by Gasteiger charge is -2.22. The quantitative estimate of drug-likeness (QED) is 0.0420. The fourth-order valence-corrected chi connectivity index (χ4v) is 10.3. The summed E-state index contributed by atoms with van der Waals surface area (Å²) < 4.78 is 0. The maximum atomic E-state index is 12.5. The fourth-order valence-electron chi connectivity index (χ4n) is 10.3. The van der Waals surface area contributed by atoms with Crippen LogP contribution in [0.5, 0.6) is 0 Å². The molecule has 0 heterocycles. The SMILES string of the molecule is CCCCCCC/C=C\C/C=C\CCCCCCCCCCCCCCCCCCCCCC(=O)NC(CO)C(O)CCCCCCCCCCCCCCCCCCCCCCCCCCCC. The second kappa shape index (κ2) is 61.2. The maximum absolute atomic E-state index is 12.5. The number of amides is 1. The lowest BCUT2D eigenvalue weighted by Crippen LogP contribution is -2.45. The first-order valence-corrected chi connectivity index (χ1v) is 32.0. The van der Waals surface area contributed by atoms with E-state index in [1.807, 2.05) is 0 Å². The second-order valence-electron chi connectivity index (χ2n) is 22.2. The molecule has 2 atom stereocenters. The number of aliphatic hydroxyl groups is 2. The molecule has 1 amide bonds. The van der Waals surface area contributed by atoms with Crippen molar-refractivity contribution >= 4 is 5.91 Å². The van der Waals surface area contributed by atoms with Gasteiger partial charge in [-0.05, 0) is 44.9 Å². The van der Waals surface area contributed by atoms with Crippen LogP contribution in [0.3, 0.4) is 0 Å². The van der Waals surface area contributed by atoms with Crippen molar-refractivity contribution in [3.05, 3.63) is 24.3 Å². The fraction of sp³-hybridized carbons (Fsp3) is 0.923. The zero-order chi connectivity index (χ0) is 49.9. The van der Waals surface area contributed by atoms with E-state index in [-0.39, 0.29) is 12.5 Å². The summed E-state index contributed by atoms with van der Waals surface area (Å²) in [7, 11) is 0. The zero-order valence-electron chi connectivity index (χ0n) is 47.4. The number of unbranched alkanes of at least 4 members (excludes halogenated alkanes) is 49. The summed E-state index contributed by atoms with van der Waals surface area (Å²) in [4.78, 5) is 12.5. The number of nitrogens with one attached hydrogen (secondary N) is 1. The molecule has 2 unspecified atom stereocenters. The molecule has 0 aliphatic rings. The Morgan fingerprint density at radius 1 is 0.348 bits per heavy atom. The Morgan fingerprint density at radius 3 is 0.870 bits per heavy atom. The zero-order valence-corrected chi connectivity index (χ0v) is 47.4. The number of rotatable bonds is 60. The molecule has 0 rings (SSSR count). The van der Waals surface area contributed by atoms with Crippen molar-refractivity contribution in [2.45, 2.75) is 379 Å². The van der Waals surface area contributed by atoms with Crippen LogP contribution in [0.2, 0.25) is 0 Å². The first kappa shape index (κ1) is 67.9. The van der Waals surface area contributed by atoms with Gasteiger partial charge in [-0.25, -0.2) is 0 Å². The van der Waals surface area contributed by atoms with Crippen LogP contribution in [-0.4, -0.2) is 34.9 Å². The Balaban J connectivity index is 3.40. The molecule has 0 aliphatic heterocycles. The van der Waals surface area contributed by atoms with Gasteiger partial charge in [0.15, 0.2) is 0 Å². The standard InChI is InChI=1S/C65H127NO3/c1-3-5-7-9-11-13-15-17-19-21-23-25-27-29-31-32-33-34-35-37-39-41-43-45-47-49-51-53-55-57-59-61-65(69)66-63(62-67)64(68)60-58-56-54-52-50-48-46-44-42-40-38-36-30-28-26-24-22-20-18-16-14-12-10-8-6-4-2/h15,17,21,23,63-64,67-68H,3-14,16,18-20,22,24-62H2,1-2H3,(H,66,69)/b17-15-,23-21-. The second-order valence-corrected chi connectivity index (χ2v) is 22.2. The van der Waals surface area contributed by atoms with Gasteiger partial charge in [-0.1, -0.05) is 340 Å². The van der Waals surface area contributed by atoms with Crippen LogP contribution in [0.25, 0.3) is 0 Å². The van der Waals surface area contributed by atoms with E-state index in [1.165, 1.54) is 308 Å². The molecule has 0 saturated carbocycles. The molecule has 0 saturated heterocycles. The van der Waals surface area contributed by atoms with Crippen LogP contribution in [0.15, 0.2) is 24.3 Å². The van der Waals surface area contributed by atoms with Crippen LogP contribution >= 0.6 is 0 Å². The molecule has 0 radical (unpaired) electrons. The summed E-state index contributed by atoms with van der Waals surface area (Å²) >= 11 is 0. The van der Waals surface area contributed by atoms with Crippen molar-refractivity contribution in [2.24, 2.45) is 0 Å². The molecule has 0 aliphatic carbocycles. The molecule has 3 N–H and O–H groups in total. The van der Waals surface area contributed by atoms with Crippen molar-refractivity contribution in [1.29, 1.82) is 0 Å². The summed E-state index contributed by atoms with van der Waals surface area (Å²) in [6.07, 6.45) is 82.0. The van der Waals surface area contributed by atoms with Crippen LogP contribution in [0.4, 0.5) is 0 Å². The largest absolute Gasteiger partial charge is 0.394 e. The van der Waals surface area contributed by atoms with E-state index < -0.39 is 12.1 Å². The van der Waals surface area contributed by atoms with E-state index in [1.54, 1.807) is 0 Å². The monoisotopic (exact) mass is 970 g/mol. The smallest absolute Gasteiger partial charge is 0.220 e. The van der Waals surface area contributed by atoms with E-state index in [4.69, 9.17) is 0 Å². The summed E-state index contributed by atoms with van der Waals surface area (Å²) in [6.45, 7) is 4.39. The van der Waals surface area contributed by atoms with Gasteiger partial charge in [0.25, 0.3) is 0 Å². The van der Waals surface area contributed by atoms with Gasteiger partial charge in [0.05, 0.1) is 18.8 Å². The Kier molecular flexibility index (Phi) is 60.2. The minimum Gasteiger partial charge on any atom is -0.394 e. The average Bonchev–Trinajstić information content (AvgIpc) is 3.35. The van der Waals surface area contributed by atoms with Gasteiger partial charge in [-0.3, -0.25) is 4.79 Å². The van der Waals surface area contributed by atoms with Crippen molar-refractivity contribution < 1.29 is 15.0 Å². The molecule has 0 aromatic carbocycles. The summed E-state index contributed by atoms with van der Waals surface area (Å²) in [6, 6.07) is -0.535. The molecule has 0 fully saturated rings. The highest BCUT2D eigenvalue weighted by molar-refractivity contribution is 5.76. The third-order valence-corrected chi connectivity index (χ3v) is 15.2. The maximum Gasteiger partial charge on any atom is 0.220 e. The minimum atomic E-state index is -0.658. The Morgan fingerprint density at radius 2 is 0.594 bits per heavy atom. The van der Waals surface area contributed by atoms with Crippen LogP contribution < -0.4 is 5.32 Å². The summed E-state index contributed by atoms with van der Waals surface area (Å²) in [5, 5.41) is 23.4. The predicted molar refractivity (Wildman–Crippen MR) is 309 cm³/mol. The third-order valence-electron chi connectivity index (χ3n) is 15.2. The lowest BCUT2D eigenvalue weighted by molar-refractivity contribution is -0.123. The topological polar surface area (TPSA) is 69.6 Å². The number of hydrogen-bond donors (Lipinski definition) is 3. The predicted octanol–water partition coefficient (Wildman–Crippen LogP) is 21.4. The van der Waals surface area contributed by atoms with E-state index >= 15 is 0 Å². The first-order chi connectivity index (χ1) is 34.2. The normalized spacial score (nSPS) is 12.8. The van der Waals surface area contributed by atoms with Gasteiger partial charge in [0.1, 0.15) is 0 Å². The third kappa shape index (κ3) is 57.6. The van der Waals surface area contributed by atoms with Crippen LogP contribution in [0, 0.1) is 0 Å². The van der Waals surface area contributed by atoms with E-state index in [0.717, 1.165) is 32.1 Å². The van der Waals surface area contributed by atoms with Crippen molar-refractivity contribution in [1.82, 2.24) is 5.32 Å². The van der Waals surface area contributed by atoms with Crippen molar-refractivity contribution in [2.75, 3.05) is 6.61 Å². The number of allylic oxidation sites excluding steroid dienone is 4. The Labute approximate surface area is 434 Å². The van der Waals surface area contributed by atoms with E-state index in [2.05, 4.69) is 43.5 Å². The molecule has 0 bridgehead atoms. The summed E-state index contributed by atoms with van der Waals surface area (Å²) in [5.41, 5.74) is 0. The minimum absolute atomic E-state index is 0.0231. The van der Waals surface area contributed by atoms with Crippen molar-refractivity contribution in [3.63, 3.8) is 0 Å². The van der Waals surface area contributed by atoms with Gasteiger partial charge >= 0.3 is 0 Å². The van der Waals surface area contributed by atoms with Crippen molar-refractivity contribution in [3.8, 4) is 0 Å². The molecule has 0 aromatic rings. The molecule has 0 spiro atoms. The molecule has 410 valence electrons. The van der Waals surface area contributed by atoms with Gasteiger partial charge in [-0.2, -0.15) is 0 Å². The average molecular weight is 971 g/mol. The van der Waals surface area contributed by atoms with Gasteiger partial charge < -0.3 is 15.5 Å². The highest BCUT2D eigenvalue weighted by Gasteiger charge is 2.20. The molecule has 0 aromatic heterocycles. The molecule has 4 nitrogen and oxygen atoms in total.